The van der Waals surface area contributed by atoms with Crippen LogP contribution in [-0.2, 0) is 25.7 Å². The molecule has 0 radical (unpaired) electrons. The number of aliphatic carboxylic acids is 1. The lowest BCUT2D eigenvalue weighted by Gasteiger charge is -2.35. The molecule has 2 saturated heterocycles. The largest absolute Gasteiger partial charge is 0.478 e. The predicted octanol–water partition coefficient (Wildman–Crippen LogP) is 0.256. The minimum Gasteiger partial charge on any atom is -0.478 e. The van der Waals surface area contributed by atoms with Crippen LogP contribution in [0.4, 0.5) is 5.69 Å². The Bertz CT molecular complexity index is 1120. The zero-order valence-electron chi connectivity index (χ0n) is 19.3. The molecule has 4 rings (SSSR count). The summed E-state index contributed by atoms with van der Waals surface area (Å²) in [7, 11) is 0. The van der Waals surface area contributed by atoms with Crippen molar-refractivity contribution in [3.05, 3.63) is 29.5 Å². The van der Waals surface area contributed by atoms with Gasteiger partial charge in [-0.1, -0.05) is 0 Å². The molecule has 12 nitrogen and oxygen atoms in total. The van der Waals surface area contributed by atoms with Crippen molar-refractivity contribution in [3.8, 4) is 0 Å². The predicted molar refractivity (Wildman–Crippen MR) is 125 cm³/mol. The number of piperazine rings is 1. The van der Waals surface area contributed by atoms with Crippen LogP contribution >= 0.6 is 0 Å². The number of carbonyl (C=O) groups is 4. The fourth-order valence-corrected chi connectivity index (χ4v) is 4.45. The molecule has 0 unspecified atom stereocenters. The Morgan fingerprint density at radius 1 is 0.971 bits per heavy atom. The molecule has 188 valence electrons. The Morgan fingerprint density at radius 3 is 2.34 bits per heavy atom. The van der Waals surface area contributed by atoms with E-state index in [1.807, 2.05) is 4.90 Å². The van der Waals surface area contributed by atoms with Gasteiger partial charge in [0.1, 0.15) is 0 Å². The average molecular weight is 488 g/mol. The van der Waals surface area contributed by atoms with Gasteiger partial charge in [0.15, 0.2) is 0 Å². The number of aromatic carboxylic acids is 1. The number of morpholine rings is 1. The van der Waals surface area contributed by atoms with Crippen LogP contribution in [0.2, 0.25) is 0 Å². The fraction of sp³-hybridized carbons (Fsp3) is 0.478. The van der Waals surface area contributed by atoms with E-state index in [1.165, 1.54) is 12.1 Å². The Hall–Kier alpha value is -3.48. The van der Waals surface area contributed by atoms with Gasteiger partial charge >= 0.3 is 17.8 Å². The third kappa shape index (κ3) is 5.96. The SMILES string of the molecule is O=C(O)C(=O)Nc1cc2[nH]cc(CN3CCN(C(=O)CCN4CCOCC4)CC3)c2cc1C(=O)O. The number of anilines is 1. The normalized spacial score (nSPS) is 17.4. The van der Waals surface area contributed by atoms with Gasteiger partial charge in [-0.2, -0.15) is 0 Å². The molecule has 0 saturated carbocycles. The van der Waals surface area contributed by atoms with E-state index < -0.39 is 17.8 Å². The van der Waals surface area contributed by atoms with Crippen molar-refractivity contribution >= 4 is 40.3 Å². The molecule has 1 aromatic heterocycles. The summed E-state index contributed by atoms with van der Waals surface area (Å²) in [5.41, 5.74) is 1.19. The molecule has 0 spiro atoms. The maximum Gasteiger partial charge on any atom is 0.394 e. The van der Waals surface area contributed by atoms with Crippen LogP contribution in [0.3, 0.4) is 0 Å². The molecule has 2 amide bonds. The molecule has 2 fully saturated rings. The zero-order valence-corrected chi connectivity index (χ0v) is 19.3. The first-order valence-electron chi connectivity index (χ1n) is 11.5. The summed E-state index contributed by atoms with van der Waals surface area (Å²) >= 11 is 0. The molecule has 0 atom stereocenters. The average Bonchev–Trinajstić information content (AvgIpc) is 3.24. The highest BCUT2D eigenvalue weighted by atomic mass is 16.5. The second kappa shape index (κ2) is 10.8. The molecule has 0 aliphatic carbocycles. The van der Waals surface area contributed by atoms with Crippen molar-refractivity contribution in [2.24, 2.45) is 0 Å². The number of nitrogens with one attached hydrogen (secondary N) is 2. The van der Waals surface area contributed by atoms with Gasteiger partial charge in [0.25, 0.3) is 0 Å². The van der Waals surface area contributed by atoms with E-state index in [2.05, 4.69) is 20.1 Å². The molecule has 2 aliphatic heterocycles. The van der Waals surface area contributed by atoms with E-state index >= 15 is 0 Å². The zero-order chi connectivity index (χ0) is 24.9. The standard InChI is InChI=1S/C23H29N5O7/c29-20(1-2-26-7-9-35-10-8-26)28-5-3-27(4-6-28)14-15-13-24-18-12-19(25-21(30)23(33)34)17(22(31)32)11-16(15)18/h11-13,24H,1-10,14H2,(H,25,30)(H,31,32)(H,33,34). The fourth-order valence-electron chi connectivity index (χ4n) is 4.45. The second-order valence-electron chi connectivity index (χ2n) is 8.68. The number of carboxylic acid groups (broad SMARTS) is 2. The minimum absolute atomic E-state index is 0.0880. The van der Waals surface area contributed by atoms with Gasteiger partial charge in [-0.15, -0.1) is 0 Å². The number of carbonyl (C=O) groups excluding carboxylic acids is 2. The van der Waals surface area contributed by atoms with Gasteiger partial charge in [0.05, 0.1) is 24.5 Å². The molecule has 1 aromatic carbocycles. The molecular formula is C23H29N5O7. The first-order chi connectivity index (χ1) is 16.8. The summed E-state index contributed by atoms with van der Waals surface area (Å²) in [6.45, 7) is 7.15. The Labute approximate surface area is 201 Å². The lowest BCUT2D eigenvalue weighted by Crippen LogP contribution is -2.49. The van der Waals surface area contributed by atoms with Crippen LogP contribution in [0, 0.1) is 0 Å². The van der Waals surface area contributed by atoms with E-state index in [-0.39, 0.29) is 17.2 Å². The van der Waals surface area contributed by atoms with Crippen LogP contribution in [0.25, 0.3) is 10.9 Å². The summed E-state index contributed by atoms with van der Waals surface area (Å²) in [6, 6.07) is 2.86. The van der Waals surface area contributed by atoms with E-state index in [1.54, 1.807) is 6.20 Å². The van der Waals surface area contributed by atoms with E-state index in [0.717, 1.165) is 25.2 Å². The summed E-state index contributed by atoms with van der Waals surface area (Å²) < 4.78 is 5.34. The highest BCUT2D eigenvalue weighted by Gasteiger charge is 2.24. The number of benzene rings is 1. The van der Waals surface area contributed by atoms with Gasteiger partial charge in [-0.25, -0.2) is 9.59 Å². The Morgan fingerprint density at radius 2 is 1.69 bits per heavy atom. The number of aromatic amines is 1. The Balaban J connectivity index is 1.36. The third-order valence-corrected chi connectivity index (χ3v) is 6.44. The van der Waals surface area contributed by atoms with Gasteiger partial charge < -0.3 is 30.2 Å². The number of fused-ring (bicyclic) bond motifs is 1. The summed E-state index contributed by atoms with van der Waals surface area (Å²) in [6.07, 6.45) is 2.28. The number of rotatable bonds is 7. The maximum absolute atomic E-state index is 12.6. The number of H-pyrrole nitrogens is 1. The number of hydrogen-bond donors (Lipinski definition) is 4. The Kier molecular flexibility index (Phi) is 7.63. The lowest BCUT2D eigenvalue weighted by molar-refractivity contribution is -0.147. The molecule has 35 heavy (non-hydrogen) atoms. The number of ether oxygens (including phenoxy) is 1. The van der Waals surface area contributed by atoms with Crippen LogP contribution in [0.5, 0.6) is 0 Å². The summed E-state index contributed by atoms with van der Waals surface area (Å²) in [4.78, 5) is 56.1. The topological polar surface area (TPSA) is 156 Å². The lowest BCUT2D eigenvalue weighted by atomic mass is 10.1. The van der Waals surface area contributed by atoms with Crippen molar-refractivity contribution in [2.45, 2.75) is 13.0 Å². The van der Waals surface area contributed by atoms with Gasteiger partial charge in [-0.3, -0.25) is 19.4 Å². The monoisotopic (exact) mass is 487 g/mol. The molecular weight excluding hydrogens is 458 g/mol. The van der Waals surface area contributed by atoms with Crippen molar-refractivity contribution < 1.29 is 34.1 Å². The smallest absolute Gasteiger partial charge is 0.394 e. The second-order valence-corrected chi connectivity index (χ2v) is 8.68. The quantitative estimate of drug-likeness (QED) is 0.402. The first-order valence-corrected chi connectivity index (χ1v) is 11.5. The van der Waals surface area contributed by atoms with Crippen molar-refractivity contribution in [2.75, 3.05) is 64.3 Å². The summed E-state index contributed by atoms with van der Waals surface area (Å²) in [5, 5.41) is 21.2. The number of amides is 2. The maximum atomic E-state index is 12.6. The highest BCUT2D eigenvalue weighted by molar-refractivity contribution is 6.37. The van der Waals surface area contributed by atoms with Crippen LogP contribution < -0.4 is 5.32 Å². The van der Waals surface area contributed by atoms with Crippen LogP contribution in [0.15, 0.2) is 18.3 Å². The van der Waals surface area contributed by atoms with Crippen molar-refractivity contribution in [3.63, 3.8) is 0 Å². The van der Waals surface area contributed by atoms with Crippen molar-refractivity contribution in [1.82, 2.24) is 19.7 Å². The molecule has 4 N–H and O–H groups in total. The van der Waals surface area contributed by atoms with E-state index in [4.69, 9.17) is 9.84 Å². The summed E-state index contributed by atoms with van der Waals surface area (Å²) in [5.74, 6) is -4.13. The molecule has 2 aromatic rings. The number of hydrogen-bond acceptors (Lipinski definition) is 7. The molecule has 3 heterocycles. The van der Waals surface area contributed by atoms with Gasteiger partial charge in [-0.05, 0) is 17.7 Å². The molecule has 12 heteroatoms. The van der Waals surface area contributed by atoms with Crippen LogP contribution in [-0.4, -0.2) is 113 Å². The molecule has 0 bridgehead atoms. The van der Waals surface area contributed by atoms with Crippen LogP contribution in [0.1, 0.15) is 22.3 Å². The number of aromatic nitrogens is 1. The number of nitrogens with zero attached hydrogens (tertiary/aromatic N) is 3. The van der Waals surface area contributed by atoms with E-state index in [0.29, 0.717) is 63.3 Å². The third-order valence-electron chi connectivity index (χ3n) is 6.44. The van der Waals surface area contributed by atoms with Gasteiger partial charge in [0, 0.05) is 75.9 Å². The van der Waals surface area contributed by atoms with Crippen molar-refractivity contribution in [1.29, 1.82) is 0 Å². The molecule has 2 aliphatic rings. The number of carboxylic acids is 2. The first kappa shape index (κ1) is 24.6. The highest BCUT2D eigenvalue weighted by Crippen LogP contribution is 2.27. The minimum atomic E-state index is -1.70. The van der Waals surface area contributed by atoms with E-state index in [9.17, 15) is 24.3 Å². The van der Waals surface area contributed by atoms with Gasteiger partial charge in [0.2, 0.25) is 5.91 Å².